The highest BCUT2D eigenvalue weighted by Gasteiger charge is 2.13. The van der Waals surface area contributed by atoms with Crippen molar-refractivity contribution in [1.29, 1.82) is 0 Å². The van der Waals surface area contributed by atoms with Crippen LogP contribution in [0.25, 0.3) is 27.7 Å². The molecule has 8 heteroatoms. The monoisotopic (exact) mass is 491 g/mol. The summed E-state index contributed by atoms with van der Waals surface area (Å²) in [7, 11) is 0. The van der Waals surface area contributed by atoms with Gasteiger partial charge in [0.05, 0.1) is 18.4 Å². The Morgan fingerprint density at radius 1 is 0.892 bits per heavy atom. The summed E-state index contributed by atoms with van der Waals surface area (Å²) in [6, 6.07) is 28.5. The Morgan fingerprint density at radius 3 is 2.43 bits per heavy atom. The van der Waals surface area contributed by atoms with Crippen LogP contribution in [-0.4, -0.2) is 34.4 Å². The number of fused-ring (bicyclic) bond motifs is 1. The van der Waals surface area contributed by atoms with Crippen LogP contribution < -0.4 is 10.7 Å². The van der Waals surface area contributed by atoms with E-state index in [1.807, 2.05) is 60.7 Å². The number of halogens is 1. The lowest BCUT2D eigenvalue weighted by molar-refractivity contribution is -0.120. The summed E-state index contributed by atoms with van der Waals surface area (Å²) < 4.78 is 15.1. The number of benzene rings is 4. The zero-order valence-electron chi connectivity index (χ0n) is 19.6. The second-order valence-electron chi connectivity index (χ2n) is 8.22. The molecule has 0 aliphatic rings. The average molecular weight is 492 g/mol. The molecule has 1 aromatic heterocycles. The maximum atomic E-state index is 13.4. The van der Waals surface area contributed by atoms with Crippen LogP contribution in [0.5, 0.6) is 0 Å². The third kappa shape index (κ3) is 5.43. The van der Waals surface area contributed by atoms with Crippen LogP contribution in [0.3, 0.4) is 0 Å². The molecule has 0 fully saturated rings. The van der Waals surface area contributed by atoms with Gasteiger partial charge in [-0.2, -0.15) is 10.2 Å². The second-order valence-corrected chi connectivity index (χ2v) is 8.22. The second kappa shape index (κ2) is 10.7. The first kappa shape index (κ1) is 23.6. The summed E-state index contributed by atoms with van der Waals surface area (Å²) in [4.78, 5) is 25.0. The fraction of sp³-hybridized carbons (Fsp3) is 0.0345. The van der Waals surface area contributed by atoms with Crippen molar-refractivity contribution < 1.29 is 14.0 Å². The number of aromatic nitrogens is 2. The van der Waals surface area contributed by atoms with Crippen molar-refractivity contribution in [3.05, 3.63) is 120 Å². The van der Waals surface area contributed by atoms with Gasteiger partial charge in [0.25, 0.3) is 11.8 Å². The lowest BCUT2D eigenvalue weighted by Gasteiger charge is -2.07. The smallest absolute Gasteiger partial charge is 0.259 e. The summed E-state index contributed by atoms with van der Waals surface area (Å²) in [5.74, 6) is -1.18. The fourth-order valence-corrected chi connectivity index (χ4v) is 3.92. The highest BCUT2D eigenvalue weighted by molar-refractivity contribution is 6.07. The van der Waals surface area contributed by atoms with Crippen molar-refractivity contribution in [3.63, 3.8) is 0 Å². The Labute approximate surface area is 212 Å². The van der Waals surface area contributed by atoms with Gasteiger partial charge in [-0.25, -0.2) is 14.5 Å². The molecular formula is C29H22FN5O2. The number of carbonyl (C=O) groups is 2. The minimum absolute atomic E-state index is 0.243. The summed E-state index contributed by atoms with van der Waals surface area (Å²) in [5, 5.41) is 13.1. The van der Waals surface area contributed by atoms with Crippen molar-refractivity contribution in [3.8, 4) is 16.9 Å². The molecule has 2 amide bonds. The number of amides is 2. The zero-order chi connectivity index (χ0) is 25.6. The molecule has 0 saturated carbocycles. The minimum Gasteiger partial charge on any atom is -0.343 e. The Morgan fingerprint density at radius 2 is 1.62 bits per heavy atom. The van der Waals surface area contributed by atoms with E-state index in [1.165, 1.54) is 18.3 Å². The maximum absolute atomic E-state index is 13.4. The standard InChI is InChI=1S/C29H22FN5O2/c30-23-15-13-21(14-16-23)28-22(19-35(34-28)24-9-2-1-3-10-24)17-32-33-27(36)18-31-29(37)26-12-6-8-20-7-4-5-11-25(20)26/h1-17,19H,18H2,(H,31,37)(H,33,36). The summed E-state index contributed by atoms with van der Waals surface area (Å²) in [5.41, 5.74) is 5.66. The Hall–Kier alpha value is -5.11. The lowest BCUT2D eigenvalue weighted by atomic mass is 10.0. The number of carbonyl (C=O) groups excluding carboxylic acids is 2. The van der Waals surface area contributed by atoms with Crippen molar-refractivity contribution in [2.24, 2.45) is 5.10 Å². The molecule has 0 saturated heterocycles. The molecule has 0 spiro atoms. The molecule has 1 heterocycles. The quantitative estimate of drug-likeness (QED) is 0.255. The number of rotatable bonds is 7. The molecule has 0 atom stereocenters. The minimum atomic E-state index is -0.483. The van der Waals surface area contributed by atoms with E-state index in [2.05, 4.69) is 20.9 Å². The van der Waals surface area contributed by atoms with Crippen molar-refractivity contribution in [2.75, 3.05) is 6.54 Å². The molecule has 0 radical (unpaired) electrons. The van der Waals surface area contributed by atoms with Crippen LogP contribution in [-0.2, 0) is 4.79 Å². The predicted molar refractivity (Wildman–Crippen MR) is 141 cm³/mol. The average Bonchev–Trinajstić information content (AvgIpc) is 3.36. The zero-order valence-corrected chi connectivity index (χ0v) is 19.6. The number of nitrogens with zero attached hydrogens (tertiary/aromatic N) is 3. The summed E-state index contributed by atoms with van der Waals surface area (Å²) >= 11 is 0. The van der Waals surface area contributed by atoms with Gasteiger partial charge in [-0.15, -0.1) is 0 Å². The van der Waals surface area contributed by atoms with E-state index in [9.17, 15) is 14.0 Å². The summed E-state index contributed by atoms with van der Waals surface area (Å²) in [6.45, 7) is -0.243. The van der Waals surface area contributed by atoms with Crippen LogP contribution in [0.1, 0.15) is 15.9 Å². The molecule has 7 nitrogen and oxygen atoms in total. The molecule has 0 aliphatic heterocycles. The maximum Gasteiger partial charge on any atom is 0.259 e. The van der Waals surface area contributed by atoms with Gasteiger partial charge >= 0.3 is 0 Å². The summed E-state index contributed by atoms with van der Waals surface area (Å²) in [6.07, 6.45) is 3.24. The lowest BCUT2D eigenvalue weighted by Crippen LogP contribution is -2.35. The van der Waals surface area contributed by atoms with Crippen LogP contribution >= 0.6 is 0 Å². The van der Waals surface area contributed by atoms with Gasteiger partial charge < -0.3 is 5.32 Å². The van der Waals surface area contributed by atoms with Crippen LogP contribution in [0.15, 0.2) is 108 Å². The largest absolute Gasteiger partial charge is 0.343 e. The van der Waals surface area contributed by atoms with E-state index in [0.29, 0.717) is 22.4 Å². The Balaban J connectivity index is 1.28. The van der Waals surface area contributed by atoms with Crippen LogP contribution in [0, 0.1) is 5.82 Å². The molecule has 5 rings (SSSR count). The highest BCUT2D eigenvalue weighted by Crippen LogP contribution is 2.23. The molecule has 5 aromatic rings. The van der Waals surface area contributed by atoms with Gasteiger partial charge in [0.1, 0.15) is 11.5 Å². The Bertz CT molecular complexity index is 1590. The third-order valence-corrected chi connectivity index (χ3v) is 5.72. The molecule has 2 N–H and O–H groups in total. The van der Waals surface area contributed by atoms with Gasteiger partial charge in [-0.3, -0.25) is 9.59 Å². The van der Waals surface area contributed by atoms with E-state index < -0.39 is 5.91 Å². The molecule has 37 heavy (non-hydrogen) atoms. The molecule has 0 aliphatic carbocycles. The van der Waals surface area contributed by atoms with E-state index in [0.717, 1.165) is 16.5 Å². The van der Waals surface area contributed by atoms with Gasteiger partial charge in [0, 0.05) is 22.9 Å². The molecule has 4 aromatic carbocycles. The van der Waals surface area contributed by atoms with Gasteiger partial charge in [0.15, 0.2) is 0 Å². The van der Waals surface area contributed by atoms with Gasteiger partial charge in [-0.05, 0) is 53.2 Å². The predicted octanol–water partition coefficient (Wildman–Crippen LogP) is 4.71. The van der Waals surface area contributed by atoms with E-state index in [4.69, 9.17) is 0 Å². The number of para-hydroxylation sites is 1. The van der Waals surface area contributed by atoms with Gasteiger partial charge in [-0.1, -0.05) is 54.6 Å². The van der Waals surface area contributed by atoms with Crippen LogP contribution in [0.2, 0.25) is 0 Å². The molecule has 0 unspecified atom stereocenters. The van der Waals surface area contributed by atoms with Crippen LogP contribution in [0.4, 0.5) is 4.39 Å². The molecule has 182 valence electrons. The van der Waals surface area contributed by atoms with E-state index in [-0.39, 0.29) is 18.3 Å². The highest BCUT2D eigenvalue weighted by atomic mass is 19.1. The first-order valence-corrected chi connectivity index (χ1v) is 11.6. The SMILES string of the molecule is O=C(CNC(=O)c1cccc2ccccc12)NN=Cc1cn(-c2ccccc2)nc1-c1ccc(F)cc1. The fourth-order valence-electron chi connectivity index (χ4n) is 3.92. The number of hydrazone groups is 1. The first-order chi connectivity index (χ1) is 18.1. The number of hydrogen-bond donors (Lipinski definition) is 2. The number of hydrogen-bond acceptors (Lipinski definition) is 4. The van der Waals surface area contributed by atoms with Crippen molar-refractivity contribution in [1.82, 2.24) is 20.5 Å². The van der Waals surface area contributed by atoms with Crippen molar-refractivity contribution in [2.45, 2.75) is 0 Å². The third-order valence-electron chi connectivity index (χ3n) is 5.72. The first-order valence-electron chi connectivity index (χ1n) is 11.6. The Kier molecular flexibility index (Phi) is 6.80. The molecular weight excluding hydrogens is 469 g/mol. The topological polar surface area (TPSA) is 88.4 Å². The van der Waals surface area contributed by atoms with Crippen molar-refractivity contribution >= 4 is 28.8 Å². The normalized spacial score (nSPS) is 11.1. The number of nitrogens with one attached hydrogen (secondary N) is 2. The molecule has 0 bridgehead atoms. The van der Waals surface area contributed by atoms with Gasteiger partial charge in [0.2, 0.25) is 0 Å². The van der Waals surface area contributed by atoms with E-state index in [1.54, 1.807) is 35.1 Å². The van der Waals surface area contributed by atoms with E-state index >= 15 is 0 Å².